The molecule has 2 atom stereocenters. The summed E-state index contributed by atoms with van der Waals surface area (Å²) in [5.74, 6) is -0.674. The molecule has 31 heavy (non-hydrogen) atoms. The van der Waals surface area contributed by atoms with Crippen LogP contribution in [0.15, 0.2) is 47.8 Å². The number of nitrogens with one attached hydrogen (secondary N) is 2. The molecule has 0 saturated carbocycles. The van der Waals surface area contributed by atoms with Crippen LogP contribution in [0.4, 0.5) is 4.79 Å². The molecule has 1 aromatic carbocycles. The molecule has 1 saturated heterocycles. The van der Waals surface area contributed by atoms with Gasteiger partial charge in [-0.15, -0.1) is 11.3 Å². The highest BCUT2D eigenvalue weighted by atomic mass is 32.1. The molecule has 2 amide bonds. The first-order valence-electron chi connectivity index (χ1n) is 9.96. The molecule has 1 fully saturated rings. The molecule has 2 aromatic rings. The molecular formula is C22H27N3O4S2. The summed E-state index contributed by atoms with van der Waals surface area (Å²) in [6, 6.07) is 12.6. The third kappa shape index (κ3) is 5.41. The largest absolute Gasteiger partial charge is 0.444 e. The molecule has 0 spiro atoms. The van der Waals surface area contributed by atoms with Crippen molar-refractivity contribution in [1.29, 1.82) is 0 Å². The number of benzene rings is 1. The van der Waals surface area contributed by atoms with Crippen LogP contribution in [0.1, 0.15) is 36.0 Å². The second-order valence-corrected chi connectivity index (χ2v) is 9.82. The molecule has 166 valence electrons. The lowest BCUT2D eigenvalue weighted by molar-refractivity contribution is 0.0278. The number of amides is 2. The van der Waals surface area contributed by atoms with E-state index in [4.69, 9.17) is 17.0 Å². The predicted octanol–water partition coefficient (Wildman–Crippen LogP) is 3.11. The number of nitrogens with zero attached hydrogens (tertiary/aromatic N) is 1. The molecule has 0 aliphatic carbocycles. The molecule has 3 N–H and O–H groups in total. The van der Waals surface area contributed by atoms with Gasteiger partial charge in [0, 0.05) is 22.9 Å². The van der Waals surface area contributed by atoms with Crippen LogP contribution in [-0.2, 0) is 10.3 Å². The Morgan fingerprint density at radius 2 is 1.97 bits per heavy atom. The van der Waals surface area contributed by atoms with Crippen molar-refractivity contribution in [3.8, 4) is 0 Å². The molecule has 2 heterocycles. The summed E-state index contributed by atoms with van der Waals surface area (Å²) in [5.41, 5.74) is -0.995. The predicted molar refractivity (Wildman–Crippen MR) is 124 cm³/mol. The molecular weight excluding hydrogens is 434 g/mol. The van der Waals surface area contributed by atoms with Gasteiger partial charge in [-0.1, -0.05) is 24.3 Å². The van der Waals surface area contributed by atoms with Crippen LogP contribution in [-0.4, -0.2) is 52.4 Å². The summed E-state index contributed by atoms with van der Waals surface area (Å²) in [6.45, 7) is 5.80. The normalized spacial score (nSPS) is 20.9. The molecule has 9 heteroatoms. The summed E-state index contributed by atoms with van der Waals surface area (Å²) in [7, 11) is 0. The van der Waals surface area contributed by atoms with Crippen LogP contribution in [0.25, 0.3) is 0 Å². The lowest BCUT2D eigenvalue weighted by Crippen LogP contribution is -2.56. The molecule has 2 unspecified atom stereocenters. The number of hydrogen-bond donors (Lipinski definition) is 3. The second-order valence-electron chi connectivity index (χ2n) is 8.46. The minimum Gasteiger partial charge on any atom is -0.444 e. The maximum Gasteiger partial charge on any atom is 0.410 e. The van der Waals surface area contributed by atoms with Gasteiger partial charge in [0.05, 0.1) is 18.7 Å². The van der Waals surface area contributed by atoms with Crippen LogP contribution < -0.4 is 10.6 Å². The quantitative estimate of drug-likeness (QED) is 0.606. The van der Waals surface area contributed by atoms with Gasteiger partial charge in [0.2, 0.25) is 0 Å². The molecule has 1 aliphatic rings. The van der Waals surface area contributed by atoms with Crippen molar-refractivity contribution in [2.75, 3.05) is 19.7 Å². The van der Waals surface area contributed by atoms with Gasteiger partial charge in [0.15, 0.2) is 5.11 Å². The number of ether oxygens (including phenoxy) is 1. The van der Waals surface area contributed by atoms with Crippen LogP contribution in [0.5, 0.6) is 0 Å². The van der Waals surface area contributed by atoms with Crippen molar-refractivity contribution in [3.63, 3.8) is 0 Å². The van der Waals surface area contributed by atoms with Gasteiger partial charge in [-0.05, 0) is 56.6 Å². The van der Waals surface area contributed by atoms with Crippen molar-refractivity contribution >= 4 is 40.7 Å². The van der Waals surface area contributed by atoms with Crippen LogP contribution in [0.3, 0.4) is 0 Å². The van der Waals surface area contributed by atoms with Crippen LogP contribution in [0, 0.1) is 5.92 Å². The number of thiocarbonyl (C=S) groups is 1. The standard InChI is InChI=1S/C22H27N3O4S2/c1-21(2,3)29-20(28)25-12-16(13-26)22(14-25,17-10-7-11-31-17)24-19(30)23-18(27)15-8-5-4-6-9-15/h4-11,16,26H,12-14H2,1-3H3,(H2,23,24,27,30). The Bertz CT molecular complexity index is 928. The van der Waals surface area contributed by atoms with Gasteiger partial charge < -0.3 is 20.1 Å². The average Bonchev–Trinajstić information content (AvgIpc) is 3.36. The summed E-state index contributed by atoms with van der Waals surface area (Å²) in [4.78, 5) is 27.7. The summed E-state index contributed by atoms with van der Waals surface area (Å²) in [5, 5.41) is 18.2. The van der Waals surface area contributed by atoms with Crippen molar-refractivity contribution < 1.29 is 19.4 Å². The minimum absolute atomic E-state index is 0.131. The van der Waals surface area contributed by atoms with Gasteiger partial charge in [-0.2, -0.15) is 0 Å². The van der Waals surface area contributed by atoms with E-state index in [1.54, 1.807) is 29.2 Å². The van der Waals surface area contributed by atoms with Crippen molar-refractivity contribution in [2.45, 2.75) is 31.9 Å². The average molecular weight is 462 g/mol. The first-order valence-corrected chi connectivity index (χ1v) is 11.2. The number of likely N-dealkylation sites (tertiary alicyclic amines) is 1. The van der Waals surface area contributed by atoms with Gasteiger partial charge in [-0.25, -0.2) is 4.79 Å². The molecule has 0 radical (unpaired) electrons. The van der Waals surface area contributed by atoms with E-state index in [0.29, 0.717) is 12.1 Å². The Kier molecular flexibility index (Phi) is 6.98. The van der Waals surface area contributed by atoms with E-state index in [1.807, 2.05) is 44.4 Å². The molecule has 7 nitrogen and oxygen atoms in total. The zero-order valence-electron chi connectivity index (χ0n) is 17.8. The fraction of sp³-hybridized carbons (Fsp3) is 0.409. The van der Waals surface area contributed by atoms with E-state index in [2.05, 4.69) is 10.6 Å². The Morgan fingerprint density at radius 1 is 1.26 bits per heavy atom. The number of aliphatic hydroxyl groups is 1. The lowest BCUT2D eigenvalue weighted by atomic mass is 9.86. The number of hydrogen-bond acceptors (Lipinski definition) is 6. The lowest BCUT2D eigenvalue weighted by Gasteiger charge is -2.35. The monoisotopic (exact) mass is 461 g/mol. The fourth-order valence-corrected chi connectivity index (χ4v) is 4.84. The number of carbonyl (C=O) groups excluding carboxylic acids is 2. The summed E-state index contributed by atoms with van der Waals surface area (Å²) in [6.07, 6.45) is -0.453. The first kappa shape index (κ1) is 23.2. The number of rotatable bonds is 4. The summed E-state index contributed by atoms with van der Waals surface area (Å²) >= 11 is 6.95. The van der Waals surface area contributed by atoms with Gasteiger partial charge in [-0.3, -0.25) is 10.1 Å². The van der Waals surface area contributed by atoms with Crippen LogP contribution >= 0.6 is 23.6 Å². The van der Waals surface area contributed by atoms with Crippen LogP contribution in [0.2, 0.25) is 0 Å². The minimum atomic E-state index is -0.846. The summed E-state index contributed by atoms with van der Waals surface area (Å²) < 4.78 is 5.53. The molecule has 0 bridgehead atoms. The first-order chi connectivity index (χ1) is 14.6. The third-order valence-electron chi connectivity index (χ3n) is 5.01. The highest BCUT2D eigenvalue weighted by Gasteiger charge is 2.51. The molecule has 1 aliphatic heterocycles. The number of thiophene rings is 1. The van der Waals surface area contributed by atoms with E-state index >= 15 is 0 Å². The zero-order valence-corrected chi connectivity index (χ0v) is 19.4. The Labute approximate surface area is 191 Å². The Balaban J connectivity index is 1.83. The maximum absolute atomic E-state index is 12.7. The highest BCUT2D eigenvalue weighted by molar-refractivity contribution is 7.80. The molecule has 1 aromatic heterocycles. The van der Waals surface area contributed by atoms with E-state index in [9.17, 15) is 14.7 Å². The zero-order chi connectivity index (χ0) is 22.6. The van der Waals surface area contributed by atoms with Crippen molar-refractivity contribution in [3.05, 3.63) is 58.3 Å². The van der Waals surface area contributed by atoms with E-state index < -0.39 is 17.2 Å². The van der Waals surface area contributed by atoms with Crippen molar-refractivity contribution in [1.82, 2.24) is 15.5 Å². The Morgan fingerprint density at radius 3 is 2.55 bits per heavy atom. The van der Waals surface area contributed by atoms with Gasteiger partial charge in [0.25, 0.3) is 5.91 Å². The maximum atomic E-state index is 12.7. The number of aliphatic hydroxyl groups excluding tert-OH is 1. The second kappa shape index (κ2) is 9.33. The Hall–Kier alpha value is -2.49. The van der Waals surface area contributed by atoms with E-state index in [0.717, 1.165) is 4.88 Å². The van der Waals surface area contributed by atoms with E-state index in [1.165, 1.54) is 11.3 Å². The topological polar surface area (TPSA) is 90.9 Å². The fourth-order valence-electron chi connectivity index (χ4n) is 3.61. The third-order valence-corrected chi connectivity index (χ3v) is 6.26. The number of carbonyl (C=O) groups is 2. The smallest absolute Gasteiger partial charge is 0.410 e. The van der Waals surface area contributed by atoms with Crippen molar-refractivity contribution in [2.24, 2.45) is 5.92 Å². The van der Waals surface area contributed by atoms with Gasteiger partial charge >= 0.3 is 6.09 Å². The van der Waals surface area contributed by atoms with E-state index in [-0.39, 0.29) is 30.1 Å². The molecule has 3 rings (SSSR count). The SMILES string of the molecule is CC(C)(C)OC(=O)N1CC(CO)C(NC(=S)NC(=O)c2ccccc2)(c2cccs2)C1. The highest BCUT2D eigenvalue weighted by Crippen LogP contribution is 2.39. The van der Waals surface area contributed by atoms with Gasteiger partial charge in [0.1, 0.15) is 5.60 Å².